The molecule has 142 valence electrons. The number of halogens is 1. The summed E-state index contributed by atoms with van der Waals surface area (Å²) in [6.45, 7) is 8.89. The van der Waals surface area contributed by atoms with Gasteiger partial charge in [0.1, 0.15) is 0 Å². The minimum absolute atomic E-state index is 0. The smallest absolute Gasteiger partial charge is 0.0123 e. The van der Waals surface area contributed by atoms with Gasteiger partial charge in [0.2, 0.25) is 0 Å². The van der Waals surface area contributed by atoms with Gasteiger partial charge in [-0.25, -0.2) is 0 Å². The zero-order chi connectivity index (χ0) is 16.7. The summed E-state index contributed by atoms with van der Waals surface area (Å²) in [6, 6.07) is 0. The van der Waals surface area contributed by atoms with Crippen molar-refractivity contribution in [2.24, 2.45) is 11.7 Å². The zero-order valence-electron chi connectivity index (χ0n) is 16.7. The highest BCUT2D eigenvalue weighted by Crippen LogP contribution is 2.20. The zero-order valence-corrected chi connectivity index (χ0v) is 18.4. The van der Waals surface area contributed by atoms with Crippen molar-refractivity contribution in [3.8, 4) is 0 Å². The van der Waals surface area contributed by atoms with Gasteiger partial charge in [0.05, 0.1) is 0 Å². The Kier molecular flexibility index (Phi) is 19.3. The van der Waals surface area contributed by atoms with E-state index in [-0.39, 0.29) is 22.5 Å². The van der Waals surface area contributed by atoms with Crippen molar-refractivity contribution in [2.45, 2.75) is 130 Å². The van der Waals surface area contributed by atoms with Crippen LogP contribution in [0.2, 0.25) is 0 Å². The summed E-state index contributed by atoms with van der Waals surface area (Å²) in [5.74, 6) is 0.643. The third kappa shape index (κ3) is 18.6. The first-order valence-corrected chi connectivity index (χ1v) is 10.3. The Morgan fingerprint density at radius 2 is 0.957 bits per heavy atom. The summed E-state index contributed by atoms with van der Waals surface area (Å²) in [5.41, 5.74) is 6.13. The van der Waals surface area contributed by atoms with Crippen LogP contribution in [0.4, 0.5) is 0 Å². The first-order valence-electron chi connectivity index (χ1n) is 10.3. The maximum Gasteiger partial charge on any atom is 0.0123 e. The molecule has 0 fully saturated rings. The molecule has 0 amide bonds. The van der Waals surface area contributed by atoms with Gasteiger partial charge >= 0.3 is 0 Å². The van der Waals surface area contributed by atoms with E-state index in [2.05, 4.69) is 27.7 Å². The van der Waals surface area contributed by atoms with Gasteiger partial charge < -0.3 is 5.73 Å². The van der Waals surface area contributed by atoms with E-state index < -0.39 is 0 Å². The van der Waals surface area contributed by atoms with Crippen molar-refractivity contribution in [1.82, 2.24) is 0 Å². The molecule has 0 bridgehead atoms. The average Bonchev–Trinajstić information content (AvgIpc) is 2.46. The molecule has 0 saturated carbocycles. The quantitative estimate of drug-likeness (QED) is 0.266. The minimum Gasteiger partial charge on any atom is -0.325 e. The molecule has 0 aliphatic carbocycles. The van der Waals surface area contributed by atoms with Crippen LogP contribution in [0.25, 0.3) is 0 Å². The molecule has 0 heterocycles. The normalized spacial score (nSPS) is 12.9. The summed E-state index contributed by atoms with van der Waals surface area (Å²) in [7, 11) is 0. The SMILES string of the molecule is Br.CCCCCCCCCCCCCCCCC(C)C(C)(C)N. The van der Waals surface area contributed by atoms with Crippen LogP contribution in [0.5, 0.6) is 0 Å². The van der Waals surface area contributed by atoms with Crippen LogP contribution in [0.3, 0.4) is 0 Å². The summed E-state index contributed by atoms with van der Waals surface area (Å²) in [5, 5.41) is 0. The van der Waals surface area contributed by atoms with Gasteiger partial charge in [-0.05, 0) is 26.2 Å². The minimum atomic E-state index is -0.00343. The molecule has 1 nitrogen and oxygen atoms in total. The van der Waals surface area contributed by atoms with Crippen molar-refractivity contribution in [3.63, 3.8) is 0 Å². The molecule has 0 aliphatic rings. The van der Waals surface area contributed by atoms with E-state index in [4.69, 9.17) is 5.73 Å². The van der Waals surface area contributed by atoms with Crippen molar-refractivity contribution in [2.75, 3.05) is 0 Å². The van der Waals surface area contributed by atoms with Crippen molar-refractivity contribution < 1.29 is 0 Å². The molecule has 1 atom stereocenters. The van der Waals surface area contributed by atoms with Crippen molar-refractivity contribution >= 4 is 17.0 Å². The van der Waals surface area contributed by atoms with Gasteiger partial charge in [-0.3, -0.25) is 0 Å². The van der Waals surface area contributed by atoms with E-state index >= 15 is 0 Å². The fourth-order valence-electron chi connectivity index (χ4n) is 3.02. The van der Waals surface area contributed by atoms with Crippen LogP contribution in [0, 0.1) is 5.92 Å². The summed E-state index contributed by atoms with van der Waals surface area (Å²) < 4.78 is 0. The van der Waals surface area contributed by atoms with Gasteiger partial charge in [-0.15, -0.1) is 17.0 Å². The second-order valence-electron chi connectivity index (χ2n) is 8.11. The first-order chi connectivity index (χ1) is 10.5. The predicted molar refractivity (Wildman–Crippen MR) is 113 cm³/mol. The van der Waals surface area contributed by atoms with Crippen LogP contribution in [0.15, 0.2) is 0 Å². The van der Waals surface area contributed by atoms with Gasteiger partial charge in [0.15, 0.2) is 0 Å². The molecule has 1 unspecified atom stereocenters. The number of unbranched alkanes of at least 4 members (excludes halogenated alkanes) is 13. The molecule has 23 heavy (non-hydrogen) atoms. The van der Waals surface area contributed by atoms with Gasteiger partial charge in [-0.2, -0.15) is 0 Å². The van der Waals surface area contributed by atoms with Gasteiger partial charge in [0.25, 0.3) is 0 Å². The molecule has 0 radical (unpaired) electrons. The second-order valence-corrected chi connectivity index (χ2v) is 8.11. The topological polar surface area (TPSA) is 26.0 Å². The molecule has 2 heteroatoms. The molecule has 0 rings (SSSR count). The molecule has 0 aromatic rings. The number of hydrogen-bond acceptors (Lipinski definition) is 1. The van der Waals surface area contributed by atoms with Crippen LogP contribution in [0.1, 0.15) is 124 Å². The maximum absolute atomic E-state index is 6.13. The second kappa shape index (κ2) is 17.3. The highest BCUT2D eigenvalue weighted by atomic mass is 79.9. The molecule has 0 aliphatic heterocycles. The fourth-order valence-corrected chi connectivity index (χ4v) is 3.02. The Bertz CT molecular complexity index is 222. The lowest BCUT2D eigenvalue weighted by atomic mass is 9.86. The summed E-state index contributed by atoms with van der Waals surface area (Å²) >= 11 is 0. The molecule has 0 spiro atoms. The molecule has 0 saturated heterocycles. The fraction of sp³-hybridized carbons (Fsp3) is 1.00. The first kappa shape index (κ1) is 25.7. The Morgan fingerprint density at radius 1 is 0.652 bits per heavy atom. The number of hydrogen-bond donors (Lipinski definition) is 1. The summed E-state index contributed by atoms with van der Waals surface area (Å²) in [4.78, 5) is 0. The third-order valence-electron chi connectivity index (χ3n) is 5.26. The molecular weight excluding hydrogens is 346 g/mol. The number of rotatable bonds is 16. The highest BCUT2D eigenvalue weighted by molar-refractivity contribution is 8.93. The Balaban J connectivity index is 0. The Morgan fingerprint density at radius 3 is 1.26 bits per heavy atom. The lowest BCUT2D eigenvalue weighted by Gasteiger charge is -2.27. The van der Waals surface area contributed by atoms with Crippen LogP contribution in [-0.4, -0.2) is 5.54 Å². The third-order valence-corrected chi connectivity index (χ3v) is 5.26. The van der Waals surface area contributed by atoms with E-state index in [0.29, 0.717) is 5.92 Å². The maximum atomic E-state index is 6.13. The average molecular weight is 393 g/mol. The van der Waals surface area contributed by atoms with Crippen molar-refractivity contribution in [3.05, 3.63) is 0 Å². The monoisotopic (exact) mass is 391 g/mol. The largest absolute Gasteiger partial charge is 0.325 e. The molecular formula is C21H46BrN. The number of nitrogens with two attached hydrogens (primary N) is 1. The van der Waals surface area contributed by atoms with Gasteiger partial charge in [-0.1, -0.05) is 104 Å². The predicted octanol–water partition coefficient (Wildman–Crippen LogP) is 7.81. The van der Waals surface area contributed by atoms with Crippen LogP contribution in [-0.2, 0) is 0 Å². The lowest BCUT2D eigenvalue weighted by Crippen LogP contribution is -2.39. The van der Waals surface area contributed by atoms with E-state index in [1.165, 1.54) is 96.3 Å². The summed E-state index contributed by atoms with van der Waals surface area (Å²) in [6.07, 6.45) is 21.4. The van der Waals surface area contributed by atoms with Gasteiger partial charge in [0, 0.05) is 5.54 Å². The van der Waals surface area contributed by atoms with E-state index in [1.807, 2.05) is 0 Å². The van der Waals surface area contributed by atoms with Crippen LogP contribution >= 0.6 is 17.0 Å². The molecule has 0 aromatic heterocycles. The van der Waals surface area contributed by atoms with E-state index in [9.17, 15) is 0 Å². The molecule has 2 N–H and O–H groups in total. The Labute approximate surface area is 158 Å². The highest BCUT2D eigenvalue weighted by Gasteiger charge is 2.19. The van der Waals surface area contributed by atoms with Crippen molar-refractivity contribution in [1.29, 1.82) is 0 Å². The molecule has 0 aromatic carbocycles. The van der Waals surface area contributed by atoms with E-state index in [0.717, 1.165) is 0 Å². The standard InChI is InChI=1S/C21H45N.BrH/c1-5-6-7-8-9-10-11-12-13-14-15-16-17-18-19-20(2)21(3,4)22;/h20H,5-19,22H2,1-4H3;1H. The Hall–Kier alpha value is 0.440. The van der Waals surface area contributed by atoms with Crippen LogP contribution < -0.4 is 5.73 Å². The van der Waals surface area contributed by atoms with E-state index in [1.54, 1.807) is 0 Å². The lowest BCUT2D eigenvalue weighted by molar-refractivity contribution is 0.316.